The number of benzene rings is 3. The molecule has 0 aliphatic rings. The zero-order valence-electron chi connectivity index (χ0n) is 18.7. The minimum Gasteiger partial charge on any atom is -0.272 e. The van der Waals surface area contributed by atoms with Crippen LogP contribution in [0.25, 0.3) is 16.9 Å². The number of aryl methyl sites for hydroxylation is 1. The van der Waals surface area contributed by atoms with Crippen LogP contribution in [0.1, 0.15) is 11.1 Å². The summed E-state index contributed by atoms with van der Waals surface area (Å²) in [7, 11) is -3.80. The van der Waals surface area contributed by atoms with Crippen molar-refractivity contribution >= 4 is 38.1 Å². The Labute approximate surface area is 211 Å². The van der Waals surface area contributed by atoms with Crippen molar-refractivity contribution in [1.29, 1.82) is 0 Å². The van der Waals surface area contributed by atoms with E-state index in [1.165, 1.54) is 18.3 Å². The molecule has 178 valence electrons. The largest absolute Gasteiger partial charge is 0.272 e. The van der Waals surface area contributed by atoms with Gasteiger partial charge >= 0.3 is 0 Å². The van der Waals surface area contributed by atoms with Gasteiger partial charge in [-0.3, -0.25) is 4.79 Å². The van der Waals surface area contributed by atoms with Gasteiger partial charge in [0.2, 0.25) is 10.0 Å². The van der Waals surface area contributed by atoms with Crippen LogP contribution in [0.15, 0.2) is 99.5 Å². The zero-order chi connectivity index (χ0) is 24.8. The Bertz CT molecular complexity index is 1450. The van der Waals surface area contributed by atoms with E-state index in [2.05, 4.69) is 31.2 Å². The van der Waals surface area contributed by atoms with Crippen LogP contribution in [-0.4, -0.2) is 36.9 Å². The molecule has 1 amide bonds. The predicted octanol–water partition coefficient (Wildman–Crippen LogP) is 4.04. The second kappa shape index (κ2) is 10.8. The Hall–Kier alpha value is -3.60. The summed E-state index contributed by atoms with van der Waals surface area (Å²) >= 11 is 3.43. The smallest absolute Gasteiger partial charge is 0.255 e. The van der Waals surface area contributed by atoms with E-state index >= 15 is 0 Å². The Kier molecular flexibility index (Phi) is 7.54. The molecule has 2 N–H and O–H groups in total. The number of halogens is 1. The zero-order valence-corrected chi connectivity index (χ0v) is 21.1. The molecule has 0 fully saturated rings. The summed E-state index contributed by atoms with van der Waals surface area (Å²) in [6, 6.07) is 23.7. The Morgan fingerprint density at radius 2 is 1.71 bits per heavy atom. The molecule has 4 aromatic rings. The van der Waals surface area contributed by atoms with E-state index < -0.39 is 22.5 Å². The second-order valence-corrected chi connectivity index (χ2v) is 10.3. The fraction of sp³-hybridized carbons (Fsp3) is 0.0800. The monoisotopic (exact) mass is 551 g/mol. The average Bonchev–Trinajstić information content (AvgIpc) is 3.28. The number of aromatic nitrogens is 2. The first-order chi connectivity index (χ1) is 16.8. The maximum absolute atomic E-state index is 12.4. The normalized spacial score (nSPS) is 11.6. The van der Waals surface area contributed by atoms with Gasteiger partial charge in [-0.15, -0.1) is 0 Å². The number of para-hydroxylation sites is 1. The number of nitrogens with zero attached hydrogens (tertiary/aromatic N) is 3. The third-order valence-electron chi connectivity index (χ3n) is 5.03. The molecule has 0 saturated heterocycles. The van der Waals surface area contributed by atoms with E-state index in [-0.39, 0.29) is 4.90 Å². The predicted molar refractivity (Wildman–Crippen MR) is 139 cm³/mol. The van der Waals surface area contributed by atoms with Gasteiger partial charge < -0.3 is 0 Å². The van der Waals surface area contributed by atoms with E-state index in [0.29, 0.717) is 11.3 Å². The summed E-state index contributed by atoms with van der Waals surface area (Å²) in [5.41, 5.74) is 6.41. The molecule has 3 aromatic carbocycles. The van der Waals surface area contributed by atoms with E-state index in [0.717, 1.165) is 21.3 Å². The third-order valence-corrected chi connectivity index (χ3v) is 6.97. The van der Waals surface area contributed by atoms with Crippen molar-refractivity contribution in [3.05, 3.63) is 101 Å². The summed E-state index contributed by atoms with van der Waals surface area (Å²) in [5.74, 6) is -0.599. The van der Waals surface area contributed by atoms with Gasteiger partial charge in [-0.1, -0.05) is 64.0 Å². The van der Waals surface area contributed by atoms with Crippen LogP contribution >= 0.6 is 15.9 Å². The molecule has 0 spiro atoms. The highest BCUT2D eigenvalue weighted by Gasteiger charge is 2.15. The lowest BCUT2D eigenvalue weighted by molar-refractivity contribution is -0.119. The third kappa shape index (κ3) is 6.30. The molecule has 35 heavy (non-hydrogen) atoms. The van der Waals surface area contributed by atoms with Crippen molar-refractivity contribution in [1.82, 2.24) is 19.9 Å². The number of hydrazone groups is 1. The average molecular weight is 552 g/mol. The molecule has 0 atom stereocenters. The molecule has 0 unspecified atom stereocenters. The second-order valence-electron chi connectivity index (χ2n) is 7.65. The van der Waals surface area contributed by atoms with Gasteiger partial charge in [0.05, 0.1) is 23.3 Å². The van der Waals surface area contributed by atoms with Crippen LogP contribution in [0.2, 0.25) is 0 Å². The number of nitrogens with one attached hydrogen (secondary N) is 2. The number of carbonyl (C=O) groups is 1. The Balaban J connectivity index is 1.47. The number of rotatable bonds is 8. The molecule has 10 heteroatoms. The standard InChI is InChI=1S/C25H22BrN5O3S/c1-18-7-13-23(14-8-18)35(33,34)28-16-24(32)29-27-15-20-17-31(22-5-3-2-4-6-22)30-25(20)19-9-11-21(26)12-10-19/h2-15,17,28H,16H2,1H3,(H,29,32). The molecule has 4 rings (SSSR count). The highest BCUT2D eigenvalue weighted by molar-refractivity contribution is 9.10. The number of amides is 1. The maximum Gasteiger partial charge on any atom is 0.255 e. The van der Waals surface area contributed by atoms with E-state index in [4.69, 9.17) is 5.10 Å². The van der Waals surface area contributed by atoms with Crippen molar-refractivity contribution in [2.45, 2.75) is 11.8 Å². The van der Waals surface area contributed by atoms with Gasteiger partial charge in [-0.2, -0.15) is 10.2 Å². The Morgan fingerprint density at radius 1 is 1.03 bits per heavy atom. The number of hydrogen-bond acceptors (Lipinski definition) is 5. The quantitative estimate of drug-likeness (QED) is 0.254. The van der Waals surface area contributed by atoms with Crippen LogP contribution in [-0.2, 0) is 14.8 Å². The molecular formula is C25H22BrN5O3S. The lowest BCUT2D eigenvalue weighted by atomic mass is 10.1. The van der Waals surface area contributed by atoms with E-state index in [1.54, 1.807) is 16.8 Å². The van der Waals surface area contributed by atoms with Crippen molar-refractivity contribution in [2.75, 3.05) is 6.54 Å². The first-order valence-electron chi connectivity index (χ1n) is 10.6. The molecule has 8 nitrogen and oxygen atoms in total. The fourth-order valence-corrected chi connectivity index (χ4v) is 4.45. The van der Waals surface area contributed by atoms with Gasteiger partial charge in [0, 0.05) is 21.8 Å². The highest BCUT2D eigenvalue weighted by atomic mass is 79.9. The molecule has 0 saturated carbocycles. The molecule has 0 aliphatic carbocycles. The summed E-state index contributed by atoms with van der Waals surface area (Å²) in [4.78, 5) is 12.3. The van der Waals surface area contributed by atoms with Gasteiger partial charge in [-0.25, -0.2) is 23.2 Å². The summed E-state index contributed by atoms with van der Waals surface area (Å²) in [5, 5.41) is 8.71. The molecule has 1 aromatic heterocycles. The lowest BCUT2D eigenvalue weighted by Crippen LogP contribution is -2.34. The fourth-order valence-electron chi connectivity index (χ4n) is 3.20. The van der Waals surface area contributed by atoms with Crippen LogP contribution in [0, 0.1) is 6.92 Å². The number of carbonyl (C=O) groups excluding carboxylic acids is 1. The first kappa shape index (κ1) is 24.5. The van der Waals surface area contributed by atoms with Crippen molar-refractivity contribution in [3.8, 4) is 16.9 Å². The van der Waals surface area contributed by atoms with Gasteiger partial charge in [0.1, 0.15) is 5.69 Å². The minimum absolute atomic E-state index is 0.0897. The van der Waals surface area contributed by atoms with Crippen molar-refractivity contribution in [2.24, 2.45) is 5.10 Å². The summed E-state index contributed by atoms with van der Waals surface area (Å²) < 4.78 is 29.7. The van der Waals surface area contributed by atoms with Crippen LogP contribution in [0.4, 0.5) is 0 Å². The van der Waals surface area contributed by atoms with Crippen LogP contribution in [0.3, 0.4) is 0 Å². The number of sulfonamides is 1. The number of hydrogen-bond donors (Lipinski definition) is 2. The van der Waals surface area contributed by atoms with Crippen LogP contribution in [0.5, 0.6) is 0 Å². The first-order valence-corrected chi connectivity index (χ1v) is 12.9. The Morgan fingerprint density at radius 3 is 2.40 bits per heavy atom. The summed E-state index contributed by atoms with van der Waals surface area (Å²) in [6.45, 7) is 1.41. The topological polar surface area (TPSA) is 105 Å². The summed E-state index contributed by atoms with van der Waals surface area (Å²) in [6.07, 6.45) is 3.29. The molecule has 0 aliphatic heterocycles. The SMILES string of the molecule is Cc1ccc(S(=O)(=O)NCC(=O)NN=Cc2cn(-c3ccccc3)nc2-c2ccc(Br)cc2)cc1. The van der Waals surface area contributed by atoms with Crippen molar-refractivity contribution < 1.29 is 13.2 Å². The van der Waals surface area contributed by atoms with E-state index in [9.17, 15) is 13.2 Å². The lowest BCUT2D eigenvalue weighted by Gasteiger charge is -2.06. The van der Waals surface area contributed by atoms with Crippen molar-refractivity contribution in [3.63, 3.8) is 0 Å². The molecular weight excluding hydrogens is 530 g/mol. The molecule has 1 heterocycles. The highest BCUT2D eigenvalue weighted by Crippen LogP contribution is 2.24. The van der Waals surface area contributed by atoms with Gasteiger partial charge in [0.25, 0.3) is 5.91 Å². The van der Waals surface area contributed by atoms with Gasteiger partial charge in [-0.05, 0) is 43.3 Å². The maximum atomic E-state index is 12.4. The molecule has 0 bridgehead atoms. The van der Waals surface area contributed by atoms with Crippen LogP contribution < -0.4 is 10.1 Å². The van der Waals surface area contributed by atoms with Gasteiger partial charge in [0.15, 0.2) is 0 Å². The molecule has 0 radical (unpaired) electrons. The van der Waals surface area contributed by atoms with E-state index in [1.807, 2.05) is 67.7 Å². The minimum atomic E-state index is -3.80.